The summed E-state index contributed by atoms with van der Waals surface area (Å²) >= 11 is 0. The Morgan fingerprint density at radius 3 is 2.42 bits per heavy atom. The van der Waals surface area contributed by atoms with E-state index in [1.807, 2.05) is 0 Å². The van der Waals surface area contributed by atoms with Gasteiger partial charge in [0.05, 0.1) is 0 Å². The lowest BCUT2D eigenvalue weighted by Crippen LogP contribution is -2.49. The van der Waals surface area contributed by atoms with Crippen molar-refractivity contribution in [2.45, 2.75) is 91.4 Å². The van der Waals surface area contributed by atoms with Crippen molar-refractivity contribution in [2.24, 2.45) is 17.3 Å². The maximum Gasteiger partial charge on any atom is -0.00390 e. The highest BCUT2D eigenvalue weighted by Crippen LogP contribution is 2.59. The minimum absolute atomic E-state index is 0. The molecule has 0 bridgehead atoms. The van der Waals surface area contributed by atoms with Crippen LogP contribution in [0.3, 0.4) is 0 Å². The van der Waals surface area contributed by atoms with Gasteiger partial charge in [-0.05, 0) is 77.4 Å². The van der Waals surface area contributed by atoms with E-state index in [-0.39, 0.29) is 13.5 Å². The lowest BCUT2D eigenvalue weighted by Gasteiger charge is -2.56. The lowest BCUT2D eigenvalue weighted by atomic mass is 9.48. The maximum absolute atomic E-state index is 2.60. The SMILES string of the molecule is CC(C)C[C@@]1(C)CCC[C@@]2(C)c3ccc(C(C)C)cc3CC[C@H]12.S. The molecule has 0 aromatic heterocycles. The quantitative estimate of drug-likeness (QED) is 0.554. The summed E-state index contributed by atoms with van der Waals surface area (Å²) in [4.78, 5) is 0. The van der Waals surface area contributed by atoms with Gasteiger partial charge in [0, 0.05) is 0 Å². The fraction of sp³-hybridized carbons (Fsp3) is 0.739. The van der Waals surface area contributed by atoms with E-state index in [1.54, 1.807) is 11.1 Å². The Balaban J connectivity index is 0.00000208. The molecule has 1 heteroatoms. The molecule has 2 aliphatic rings. The fourth-order valence-corrected chi connectivity index (χ4v) is 6.18. The highest BCUT2D eigenvalue weighted by Gasteiger charge is 2.51. The number of benzene rings is 1. The summed E-state index contributed by atoms with van der Waals surface area (Å²) in [5, 5.41) is 0. The van der Waals surface area contributed by atoms with Gasteiger partial charge in [-0.15, -0.1) is 0 Å². The Bertz CT molecular complexity index is 573. The Hall–Kier alpha value is -0.430. The van der Waals surface area contributed by atoms with Crippen LogP contribution in [0.2, 0.25) is 0 Å². The van der Waals surface area contributed by atoms with Crippen LogP contribution >= 0.6 is 13.5 Å². The number of fused-ring (bicyclic) bond motifs is 3. The second kappa shape index (κ2) is 7.06. The second-order valence-corrected chi connectivity index (χ2v) is 9.69. The van der Waals surface area contributed by atoms with Gasteiger partial charge in [0.2, 0.25) is 0 Å². The summed E-state index contributed by atoms with van der Waals surface area (Å²) in [7, 11) is 0. The van der Waals surface area contributed by atoms with E-state index in [0.29, 0.717) is 16.7 Å². The Labute approximate surface area is 157 Å². The molecule has 1 fully saturated rings. The normalized spacial score (nSPS) is 32.2. The minimum atomic E-state index is 0. The zero-order valence-electron chi connectivity index (χ0n) is 16.7. The van der Waals surface area contributed by atoms with Crippen LogP contribution in [0.15, 0.2) is 18.2 Å². The molecule has 24 heavy (non-hydrogen) atoms. The van der Waals surface area contributed by atoms with Crippen LogP contribution in [0.25, 0.3) is 0 Å². The smallest absolute Gasteiger partial charge is 0.00390 e. The summed E-state index contributed by atoms with van der Waals surface area (Å²) < 4.78 is 0. The first-order valence-electron chi connectivity index (χ1n) is 9.89. The van der Waals surface area contributed by atoms with Crippen molar-refractivity contribution in [2.75, 3.05) is 0 Å². The third kappa shape index (κ3) is 3.30. The Morgan fingerprint density at radius 1 is 1.08 bits per heavy atom. The van der Waals surface area contributed by atoms with E-state index in [1.165, 1.54) is 44.1 Å². The van der Waals surface area contributed by atoms with E-state index < -0.39 is 0 Å². The van der Waals surface area contributed by atoms with Crippen LogP contribution < -0.4 is 0 Å². The molecule has 3 rings (SSSR count). The molecule has 0 heterocycles. The van der Waals surface area contributed by atoms with Gasteiger partial charge in [-0.2, -0.15) is 13.5 Å². The molecule has 0 unspecified atom stereocenters. The first kappa shape index (κ1) is 19.9. The van der Waals surface area contributed by atoms with Crippen LogP contribution in [0.4, 0.5) is 0 Å². The Kier molecular flexibility index (Phi) is 5.85. The van der Waals surface area contributed by atoms with Gasteiger partial charge in [-0.1, -0.05) is 66.2 Å². The topological polar surface area (TPSA) is 0 Å². The maximum atomic E-state index is 2.60. The van der Waals surface area contributed by atoms with Gasteiger partial charge in [0.1, 0.15) is 0 Å². The van der Waals surface area contributed by atoms with Crippen molar-refractivity contribution in [1.82, 2.24) is 0 Å². The van der Waals surface area contributed by atoms with Crippen molar-refractivity contribution < 1.29 is 0 Å². The average molecular weight is 347 g/mol. The van der Waals surface area contributed by atoms with Gasteiger partial charge >= 0.3 is 0 Å². The van der Waals surface area contributed by atoms with E-state index in [2.05, 4.69) is 59.7 Å². The van der Waals surface area contributed by atoms with E-state index in [9.17, 15) is 0 Å². The number of hydrogen-bond donors (Lipinski definition) is 0. The Morgan fingerprint density at radius 2 is 1.79 bits per heavy atom. The molecule has 2 aliphatic carbocycles. The summed E-state index contributed by atoms with van der Waals surface area (Å²) in [5.41, 5.74) is 5.81. The molecule has 0 amide bonds. The van der Waals surface area contributed by atoms with Crippen LogP contribution in [0.1, 0.15) is 96.3 Å². The summed E-state index contributed by atoms with van der Waals surface area (Å²) in [6.07, 6.45) is 8.32. The monoisotopic (exact) mass is 346 g/mol. The molecule has 0 spiro atoms. The van der Waals surface area contributed by atoms with Gasteiger partial charge < -0.3 is 0 Å². The van der Waals surface area contributed by atoms with Crippen LogP contribution in [-0.4, -0.2) is 0 Å². The van der Waals surface area contributed by atoms with Gasteiger partial charge in [-0.3, -0.25) is 0 Å². The number of rotatable bonds is 3. The van der Waals surface area contributed by atoms with Crippen LogP contribution in [0.5, 0.6) is 0 Å². The largest absolute Gasteiger partial charge is 0.197 e. The second-order valence-electron chi connectivity index (χ2n) is 9.69. The van der Waals surface area contributed by atoms with Crippen LogP contribution in [-0.2, 0) is 11.8 Å². The van der Waals surface area contributed by atoms with Gasteiger partial charge in [0.25, 0.3) is 0 Å². The van der Waals surface area contributed by atoms with Crippen molar-refractivity contribution in [1.29, 1.82) is 0 Å². The van der Waals surface area contributed by atoms with Gasteiger partial charge in [-0.25, -0.2) is 0 Å². The zero-order chi connectivity index (χ0) is 16.8. The molecular weight excluding hydrogens is 308 g/mol. The molecule has 1 aromatic carbocycles. The highest BCUT2D eigenvalue weighted by molar-refractivity contribution is 7.59. The summed E-state index contributed by atoms with van der Waals surface area (Å²) in [5.74, 6) is 2.32. The molecular formula is C23H38S. The summed E-state index contributed by atoms with van der Waals surface area (Å²) in [6.45, 7) is 14.6. The first-order valence-corrected chi connectivity index (χ1v) is 9.89. The summed E-state index contributed by atoms with van der Waals surface area (Å²) in [6, 6.07) is 7.43. The molecule has 3 atom stereocenters. The molecule has 1 saturated carbocycles. The van der Waals surface area contributed by atoms with Crippen molar-refractivity contribution >= 4 is 13.5 Å². The van der Waals surface area contributed by atoms with Crippen molar-refractivity contribution in [3.63, 3.8) is 0 Å². The molecule has 1 aromatic rings. The lowest BCUT2D eigenvalue weighted by molar-refractivity contribution is 0.00955. The van der Waals surface area contributed by atoms with Crippen LogP contribution in [0, 0.1) is 17.3 Å². The van der Waals surface area contributed by atoms with Crippen molar-refractivity contribution in [3.8, 4) is 0 Å². The highest BCUT2D eigenvalue weighted by atomic mass is 32.1. The predicted molar refractivity (Wildman–Crippen MR) is 111 cm³/mol. The molecule has 0 saturated heterocycles. The third-order valence-electron chi connectivity index (χ3n) is 7.04. The molecule has 0 aliphatic heterocycles. The fourth-order valence-electron chi connectivity index (χ4n) is 6.18. The molecule has 0 nitrogen and oxygen atoms in total. The van der Waals surface area contributed by atoms with E-state index >= 15 is 0 Å². The van der Waals surface area contributed by atoms with E-state index in [0.717, 1.165) is 11.8 Å². The van der Waals surface area contributed by atoms with Gasteiger partial charge in [0.15, 0.2) is 0 Å². The minimum Gasteiger partial charge on any atom is -0.197 e. The predicted octanol–water partition coefficient (Wildman–Crippen LogP) is 6.98. The van der Waals surface area contributed by atoms with Crippen molar-refractivity contribution in [3.05, 3.63) is 34.9 Å². The standard InChI is InChI=1S/C23H36.H2S/c1-16(2)15-22(5)12-7-13-23(6)20-10-8-18(17(3)4)14-19(20)9-11-21(22)23;/h8,10,14,16-17,21H,7,9,11-13,15H2,1-6H3;1H2/t21-,22-,23+;/m1./s1. The van der Waals surface area contributed by atoms with E-state index in [4.69, 9.17) is 0 Å². The number of hydrogen-bond acceptors (Lipinski definition) is 0. The third-order valence-corrected chi connectivity index (χ3v) is 7.04. The average Bonchev–Trinajstić information content (AvgIpc) is 2.45. The molecule has 136 valence electrons. The molecule has 0 N–H and O–H groups in total. The zero-order valence-corrected chi connectivity index (χ0v) is 17.7. The molecule has 0 radical (unpaired) electrons. The first-order chi connectivity index (χ1) is 10.8. The number of aryl methyl sites for hydroxylation is 1.